The summed E-state index contributed by atoms with van der Waals surface area (Å²) in [5.41, 5.74) is 1.74. The van der Waals surface area contributed by atoms with Crippen molar-refractivity contribution in [2.75, 3.05) is 33.5 Å². The largest absolute Gasteiger partial charge is 0.490 e. The van der Waals surface area contributed by atoms with Crippen LogP contribution >= 0.6 is 0 Å². The molecule has 1 saturated carbocycles. The monoisotopic (exact) mass is 291 g/mol. The molecule has 3 rings (SSSR count). The molecule has 0 aromatic heterocycles. The summed E-state index contributed by atoms with van der Waals surface area (Å²) in [6.07, 6.45) is 4.76. The van der Waals surface area contributed by atoms with Crippen molar-refractivity contribution in [2.24, 2.45) is 5.41 Å². The summed E-state index contributed by atoms with van der Waals surface area (Å²) in [6, 6.07) is 6.24. The summed E-state index contributed by atoms with van der Waals surface area (Å²) >= 11 is 0. The zero-order valence-corrected chi connectivity index (χ0v) is 12.8. The third-order valence-electron chi connectivity index (χ3n) is 4.43. The first-order valence-electron chi connectivity index (χ1n) is 7.90. The SMILES string of the molecule is COCCC1(CNCc2ccc3c(c2)OCCCO3)CC1. The predicted molar refractivity (Wildman–Crippen MR) is 81.9 cm³/mol. The lowest BCUT2D eigenvalue weighted by Crippen LogP contribution is -2.24. The van der Waals surface area contributed by atoms with Gasteiger partial charge in [-0.3, -0.25) is 0 Å². The Morgan fingerprint density at radius 3 is 2.76 bits per heavy atom. The highest BCUT2D eigenvalue weighted by molar-refractivity contribution is 5.43. The second kappa shape index (κ2) is 6.67. The van der Waals surface area contributed by atoms with Crippen LogP contribution in [0.4, 0.5) is 0 Å². The Labute approximate surface area is 126 Å². The van der Waals surface area contributed by atoms with Crippen molar-refractivity contribution in [3.63, 3.8) is 0 Å². The van der Waals surface area contributed by atoms with E-state index >= 15 is 0 Å². The maximum atomic E-state index is 5.73. The lowest BCUT2D eigenvalue weighted by atomic mass is 10.0. The molecule has 0 unspecified atom stereocenters. The van der Waals surface area contributed by atoms with E-state index in [0.717, 1.165) is 57.3 Å². The van der Waals surface area contributed by atoms with Gasteiger partial charge in [-0.2, -0.15) is 0 Å². The number of hydrogen-bond donors (Lipinski definition) is 1. The van der Waals surface area contributed by atoms with Crippen LogP contribution in [0.5, 0.6) is 11.5 Å². The van der Waals surface area contributed by atoms with E-state index in [2.05, 4.69) is 17.4 Å². The quantitative estimate of drug-likeness (QED) is 0.838. The van der Waals surface area contributed by atoms with Gasteiger partial charge in [0.15, 0.2) is 11.5 Å². The molecule has 21 heavy (non-hydrogen) atoms. The molecule has 4 heteroatoms. The summed E-state index contributed by atoms with van der Waals surface area (Å²) in [5, 5.41) is 3.58. The second-order valence-electron chi connectivity index (χ2n) is 6.18. The van der Waals surface area contributed by atoms with Gasteiger partial charge in [0.1, 0.15) is 0 Å². The van der Waals surface area contributed by atoms with Gasteiger partial charge in [-0.05, 0) is 42.4 Å². The van der Waals surface area contributed by atoms with Crippen LogP contribution in [0.2, 0.25) is 0 Å². The van der Waals surface area contributed by atoms with E-state index < -0.39 is 0 Å². The maximum absolute atomic E-state index is 5.73. The molecule has 0 amide bonds. The topological polar surface area (TPSA) is 39.7 Å². The molecule has 0 spiro atoms. The van der Waals surface area contributed by atoms with Gasteiger partial charge in [0, 0.05) is 33.2 Å². The van der Waals surface area contributed by atoms with E-state index in [1.165, 1.54) is 18.4 Å². The summed E-state index contributed by atoms with van der Waals surface area (Å²) in [6.45, 7) is 4.30. The molecule has 0 atom stereocenters. The highest BCUT2D eigenvalue weighted by atomic mass is 16.5. The number of benzene rings is 1. The van der Waals surface area contributed by atoms with Gasteiger partial charge >= 0.3 is 0 Å². The Balaban J connectivity index is 1.50. The molecule has 2 aliphatic rings. The molecular formula is C17H25NO3. The Morgan fingerprint density at radius 1 is 1.19 bits per heavy atom. The fraction of sp³-hybridized carbons (Fsp3) is 0.647. The second-order valence-corrected chi connectivity index (χ2v) is 6.18. The maximum Gasteiger partial charge on any atom is 0.161 e. The van der Waals surface area contributed by atoms with Gasteiger partial charge in [-0.1, -0.05) is 6.07 Å². The van der Waals surface area contributed by atoms with Crippen molar-refractivity contribution in [3.8, 4) is 11.5 Å². The third-order valence-corrected chi connectivity index (χ3v) is 4.43. The van der Waals surface area contributed by atoms with E-state index in [9.17, 15) is 0 Å². The van der Waals surface area contributed by atoms with Crippen LogP contribution in [0.3, 0.4) is 0 Å². The van der Waals surface area contributed by atoms with Crippen LogP contribution in [0.25, 0.3) is 0 Å². The van der Waals surface area contributed by atoms with E-state index in [1.807, 2.05) is 6.07 Å². The van der Waals surface area contributed by atoms with Crippen LogP contribution in [-0.2, 0) is 11.3 Å². The molecule has 4 nitrogen and oxygen atoms in total. The van der Waals surface area contributed by atoms with Crippen molar-refractivity contribution in [1.29, 1.82) is 0 Å². The molecule has 0 saturated heterocycles. The Hall–Kier alpha value is -1.26. The number of rotatable bonds is 7. The van der Waals surface area contributed by atoms with Crippen molar-refractivity contribution in [1.82, 2.24) is 5.32 Å². The van der Waals surface area contributed by atoms with E-state index in [1.54, 1.807) is 7.11 Å². The zero-order chi connectivity index (χ0) is 14.5. The van der Waals surface area contributed by atoms with Gasteiger partial charge in [-0.25, -0.2) is 0 Å². The number of nitrogens with one attached hydrogen (secondary N) is 1. The van der Waals surface area contributed by atoms with Gasteiger partial charge < -0.3 is 19.5 Å². The normalized spacial score (nSPS) is 19.1. The molecule has 1 N–H and O–H groups in total. The fourth-order valence-corrected chi connectivity index (χ4v) is 2.80. The van der Waals surface area contributed by atoms with E-state index in [0.29, 0.717) is 5.41 Å². The van der Waals surface area contributed by atoms with Crippen LogP contribution < -0.4 is 14.8 Å². The molecule has 1 aliphatic heterocycles. The molecule has 1 heterocycles. The summed E-state index contributed by atoms with van der Waals surface area (Å²) in [4.78, 5) is 0. The van der Waals surface area contributed by atoms with Crippen molar-refractivity contribution in [2.45, 2.75) is 32.2 Å². The number of hydrogen-bond acceptors (Lipinski definition) is 4. The highest BCUT2D eigenvalue weighted by Gasteiger charge is 2.41. The molecule has 0 bridgehead atoms. The fourth-order valence-electron chi connectivity index (χ4n) is 2.80. The minimum Gasteiger partial charge on any atom is -0.490 e. The van der Waals surface area contributed by atoms with E-state index in [4.69, 9.17) is 14.2 Å². The van der Waals surface area contributed by atoms with Gasteiger partial charge in [0.05, 0.1) is 13.2 Å². The van der Waals surface area contributed by atoms with Crippen LogP contribution in [-0.4, -0.2) is 33.5 Å². The molecule has 1 aromatic carbocycles. The van der Waals surface area contributed by atoms with Crippen molar-refractivity contribution >= 4 is 0 Å². The zero-order valence-electron chi connectivity index (χ0n) is 12.8. The molecular weight excluding hydrogens is 266 g/mol. The predicted octanol–water partition coefficient (Wildman–Crippen LogP) is 2.75. The summed E-state index contributed by atoms with van der Waals surface area (Å²) < 4.78 is 16.6. The molecule has 1 aliphatic carbocycles. The number of ether oxygens (including phenoxy) is 3. The minimum absolute atomic E-state index is 0.487. The van der Waals surface area contributed by atoms with Gasteiger partial charge in [0.2, 0.25) is 0 Å². The summed E-state index contributed by atoms with van der Waals surface area (Å²) in [5.74, 6) is 1.75. The first-order valence-corrected chi connectivity index (χ1v) is 7.90. The minimum atomic E-state index is 0.487. The van der Waals surface area contributed by atoms with Crippen LogP contribution in [0.15, 0.2) is 18.2 Å². The average Bonchev–Trinajstić information content (AvgIpc) is 3.29. The first kappa shape index (κ1) is 14.7. The van der Waals surface area contributed by atoms with Gasteiger partial charge in [0.25, 0.3) is 0 Å². The number of fused-ring (bicyclic) bond motifs is 1. The lowest BCUT2D eigenvalue weighted by molar-refractivity contribution is 0.171. The number of methoxy groups -OCH3 is 1. The Morgan fingerprint density at radius 2 is 2.00 bits per heavy atom. The van der Waals surface area contributed by atoms with Crippen molar-refractivity contribution < 1.29 is 14.2 Å². The van der Waals surface area contributed by atoms with Crippen molar-refractivity contribution in [3.05, 3.63) is 23.8 Å². The van der Waals surface area contributed by atoms with E-state index in [-0.39, 0.29) is 0 Å². The van der Waals surface area contributed by atoms with Crippen LogP contribution in [0.1, 0.15) is 31.2 Å². The molecule has 1 aromatic rings. The lowest BCUT2D eigenvalue weighted by Gasteiger charge is -2.16. The smallest absolute Gasteiger partial charge is 0.161 e. The molecule has 0 radical (unpaired) electrons. The third kappa shape index (κ3) is 3.89. The Kier molecular flexibility index (Phi) is 4.66. The molecule has 116 valence electrons. The summed E-state index contributed by atoms with van der Waals surface area (Å²) in [7, 11) is 1.78. The Bertz CT molecular complexity index is 471. The van der Waals surface area contributed by atoms with Gasteiger partial charge in [-0.15, -0.1) is 0 Å². The average molecular weight is 291 g/mol. The first-order chi connectivity index (χ1) is 10.3. The standard InChI is InChI=1S/C17H25NO3/c1-19-10-7-17(5-6-17)13-18-12-14-3-4-15-16(11-14)21-9-2-8-20-15/h3-4,11,18H,2,5-10,12-13H2,1H3. The molecule has 1 fully saturated rings. The highest BCUT2D eigenvalue weighted by Crippen LogP contribution is 2.48. The van der Waals surface area contributed by atoms with Crippen LogP contribution in [0, 0.1) is 5.41 Å².